The molecule has 138 valence electrons. The van der Waals surface area contributed by atoms with E-state index < -0.39 is 0 Å². The van der Waals surface area contributed by atoms with Crippen molar-refractivity contribution >= 4 is 23.2 Å². The average molecular weight is 347 g/mol. The first-order valence-electron chi connectivity index (χ1n) is 9.00. The topological polar surface area (TPSA) is 70.7 Å². The van der Waals surface area contributed by atoms with Crippen LogP contribution in [0.5, 0.6) is 0 Å². The van der Waals surface area contributed by atoms with Crippen LogP contribution in [0.2, 0.25) is 0 Å². The van der Waals surface area contributed by atoms with E-state index in [0.717, 1.165) is 38.0 Å². The number of hydrogen-bond donors (Lipinski definition) is 2. The molecular formula is C19H29N3O3. The van der Waals surface area contributed by atoms with Gasteiger partial charge in [-0.05, 0) is 37.5 Å². The van der Waals surface area contributed by atoms with Gasteiger partial charge in [0.1, 0.15) is 0 Å². The van der Waals surface area contributed by atoms with Crippen molar-refractivity contribution < 1.29 is 14.3 Å². The van der Waals surface area contributed by atoms with Gasteiger partial charge in [-0.2, -0.15) is 0 Å². The maximum absolute atomic E-state index is 12.7. The van der Waals surface area contributed by atoms with Crippen LogP contribution in [0.15, 0.2) is 18.2 Å². The van der Waals surface area contributed by atoms with Crippen LogP contribution in [0, 0.1) is 5.92 Å². The van der Waals surface area contributed by atoms with E-state index in [0.29, 0.717) is 24.4 Å². The van der Waals surface area contributed by atoms with Gasteiger partial charge in [0.2, 0.25) is 5.91 Å². The van der Waals surface area contributed by atoms with E-state index in [4.69, 9.17) is 4.74 Å². The third-order valence-electron chi connectivity index (χ3n) is 4.29. The molecule has 0 radical (unpaired) electrons. The Labute approximate surface area is 149 Å². The van der Waals surface area contributed by atoms with Crippen LogP contribution in [0.1, 0.15) is 43.5 Å². The Morgan fingerprint density at radius 3 is 2.60 bits per heavy atom. The number of nitrogens with one attached hydrogen (secondary N) is 2. The van der Waals surface area contributed by atoms with E-state index in [-0.39, 0.29) is 17.7 Å². The quantitative estimate of drug-likeness (QED) is 0.709. The minimum Gasteiger partial charge on any atom is -0.385 e. The molecule has 0 bridgehead atoms. The Balaban J connectivity index is 2.18. The van der Waals surface area contributed by atoms with Crippen molar-refractivity contribution in [3.05, 3.63) is 23.8 Å². The van der Waals surface area contributed by atoms with Crippen LogP contribution in [0.4, 0.5) is 11.4 Å². The van der Waals surface area contributed by atoms with Crippen molar-refractivity contribution in [3.8, 4) is 0 Å². The number of rotatable bonds is 8. The Bertz CT molecular complexity index is 596. The zero-order chi connectivity index (χ0) is 18.2. The van der Waals surface area contributed by atoms with Crippen LogP contribution in [-0.2, 0) is 9.53 Å². The van der Waals surface area contributed by atoms with Gasteiger partial charge >= 0.3 is 0 Å². The van der Waals surface area contributed by atoms with Gasteiger partial charge in [0.15, 0.2) is 0 Å². The van der Waals surface area contributed by atoms with E-state index in [1.807, 2.05) is 26.0 Å². The lowest BCUT2D eigenvalue weighted by Crippen LogP contribution is -2.29. The van der Waals surface area contributed by atoms with E-state index in [1.165, 1.54) is 0 Å². The largest absolute Gasteiger partial charge is 0.385 e. The molecule has 6 nitrogen and oxygen atoms in total. The van der Waals surface area contributed by atoms with Crippen molar-refractivity contribution in [1.29, 1.82) is 0 Å². The maximum atomic E-state index is 12.7. The summed E-state index contributed by atoms with van der Waals surface area (Å²) in [6, 6.07) is 5.58. The van der Waals surface area contributed by atoms with Gasteiger partial charge in [-0.25, -0.2) is 0 Å². The van der Waals surface area contributed by atoms with Gasteiger partial charge in [0.05, 0.1) is 5.56 Å². The molecule has 2 N–H and O–H groups in total. The zero-order valence-electron chi connectivity index (χ0n) is 15.4. The standard InChI is InChI=1S/C19H29N3O3/c1-14(2)18(23)21-15-7-8-17(22-10-4-5-11-22)16(13-15)19(24)20-9-6-12-25-3/h7-8,13-14H,4-6,9-12H2,1-3H3,(H,20,24)(H,21,23). The SMILES string of the molecule is COCCCNC(=O)c1cc(NC(=O)C(C)C)ccc1N1CCCC1. The first kappa shape index (κ1) is 19.2. The fourth-order valence-corrected chi connectivity index (χ4v) is 2.83. The molecule has 0 aliphatic carbocycles. The molecule has 1 aromatic carbocycles. The number of carbonyl (C=O) groups is 2. The smallest absolute Gasteiger partial charge is 0.253 e. The summed E-state index contributed by atoms with van der Waals surface area (Å²) < 4.78 is 5.01. The maximum Gasteiger partial charge on any atom is 0.253 e. The second-order valence-corrected chi connectivity index (χ2v) is 6.67. The number of methoxy groups -OCH3 is 1. The molecule has 0 spiro atoms. The number of benzene rings is 1. The Kier molecular flexibility index (Phi) is 7.25. The lowest BCUT2D eigenvalue weighted by molar-refractivity contribution is -0.118. The molecule has 0 saturated carbocycles. The molecule has 1 fully saturated rings. The molecule has 2 rings (SSSR count). The summed E-state index contributed by atoms with van der Waals surface area (Å²) in [5, 5.41) is 5.82. The lowest BCUT2D eigenvalue weighted by atomic mass is 10.1. The summed E-state index contributed by atoms with van der Waals surface area (Å²) in [6.07, 6.45) is 3.05. The van der Waals surface area contributed by atoms with E-state index in [1.54, 1.807) is 13.2 Å². The number of ether oxygens (including phenoxy) is 1. The van der Waals surface area contributed by atoms with E-state index in [9.17, 15) is 9.59 Å². The molecule has 1 aliphatic heterocycles. The molecular weight excluding hydrogens is 318 g/mol. The van der Waals surface area contributed by atoms with Gasteiger partial charge in [0.25, 0.3) is 5.91 Å². The second kappa shape index (κ2) is 9.42. The molecule has 0 aromatic heterocycles. The van der Waals surface area contributed by atoms with Gasteiger partial charge in [-0.1, -0.05) is 13.8 Å². The number of carbonyl (C=O) groups excluding carboxylic acids is 2. The first-order valence-corrected chi connectivity index (χ1v) is 9.00. The molecule has 1 saturated heterocycles. The van der Waals surface area contributed by atoms with Crippen LogP contribution >= 0.6 is 0 Å². The normalized spacial score (nSPS) is 14.0. The van der Waals surface area contributed by atoms with Crippen molar-refractivity contribution in [2.24, 2.45) is 5.92 Å². The predicted molar refractivity (Wildman–Crippen MR) is 100 cm³/mol. The highest BCUT2D eigenvalue weighted by molar-refractivity contribution is 6.02. The van der Waals surface area contributed by atoms with Crippen molar-refractivity contribution in [3.63, 3.8) is 0 Å². The van der Waals surface area contributed by atoms with Gasteiger partial charge in [-0.15, -0.1) is 0 Å². The van der Waals surface area contributed by atoms with Crippen LogP contribution < -0.4 is 15.5 Å². The summed E-state index contributed by atoms with van der Waals surface area (Å²) >= 11 is 0. The lowest BCUT2D eigenvalue weighted by Gasteiger charge is -2.22. The fourth-order valence-electron chi connectivity index (χ4n) is 2.83. The Morgan fingerprint density at radius 1 is 1.24 bits per heavy atom. The minimum absolute atomic E-state index is 0.0552. The Morgan fingerprint density at radius 2 is 1.96 bits per heavy atom. The van der Waals surface area contributed by atoms with Crippen molar-refractivity contribution in [1.82, 2.24) is 5.32 Å². The van der Waals surface area contributed by atoms with Gasteiger partial charge < -0.3 is 20.3 Å². The minimum atomic E-state index is -0.112. The number of nitrogens with zero attached hydrogens (tertiary/aromatic N) is 1. The van der Waals surface area contributed by atoms with Crippen molar-refractivity contribution in [2.45, 2.75) is 33.1 Å². The van der Waals surface area contributed by atoms with E-state index >= 15 is 0 Å². The molecule has 0 atom stereocenters. The molecule has 1 heterocycles. The second-order valence-electron chi connectivity index (χ2n) is 6.67. The summed E-state index contributed by atoms with van der Waals surface area (Å²) in [6.45, 7) is 6.79. The molecule has 0 unspecified atom stereocenters. The summed E-state index contributed by atoms with van der Waals surface area (Å²) in [5.74, 6) is -0.274. The van der Waals surface area contributed by atoms with Crippen LogP contribution in [-0.4, -0.2) is 45.2 Å². The number of hydrogen-bond acceptors (Lipinski definition) is 4. The van der Waals surface area contributed by atoms with E-state index in [2.05, 4.69) is 15.5 Å². The average Bonchev–Trinajstić information content (AvgIpc) is 3.12. The molecule has 1 aliphatic rings. The number of amides is 2. The fraction of sp³-hybridized carbons (Fsp3) is 0.579. The highest BCUT2D eigenvalue weighted by atomic mass is 16.5. The zero-order valence-corrected chi connectivity index (χ0v) is 15.4. The monoisotopic (exact) mass is 347 g/mol. The van der Waals surface area contributed by atoms with Gasteiger partial charge in [0, 0.05) is 50.6 Å². The number of anilines is 2. The first-order chi connectivity index (χ1) is 12.0. The van der Waals surface area contributed by atoms with Crippen molar-refractivity contribution in [2.75, 3.05) is 43.6 Å². The molecule has 6 heteroatoms. The molecule has 25 heavy (non-hydrogen) atoms. The third kappa shape index (κ3) is 5.46. The Hall–Kier alpha value is -2.08. The summed E-state index contributed by atoms with van der Waals surface area (Å²) in [5.41, 5.74) is 2.20. The highest BCUT2D eigenvalue weighted by Crippen LogP contribution is 2.27. The summed E-state index contributed by atoms with van der Waals surface area (Å²) in [7, 11) is 1.65. The van der Waals surface area contributed by atoms with Crippen LogP contribution in [0.3, 0.4) is 0 Å². The molecule has 2 amide bonds. The van der Waals surface area contributed by atoms with Gasteiger partial charge in [-0.3, -0.25) is 9.59 Å². The summed E-state index contributed by atoms with van der Waals surface area (Å²) in [4.78, 5) is 26.8. The van der Waals surface area contributed by atoms with Crippen LogP contribution in [0.25, 0.3) is 0 Å². The predicted octanol–water partition coefficient (Wildman–Crippen LogP) is 2.65. The highest BCUT2D eigenvalue weighted by Gasteiger charge is 2.20. The molecule has 1 aromatic rings. The third-order valence-corrected chi connectivity index (χ3v) is 4.29.